The van der Waals surface area contributed by atoms with Crippen LogP contribution < -0.4 is 0 Å². The van der Waals surface area contributed by atoms with Gasteiger partial charge in [-0.05, 0) is 24.6 Å². The molecule has 1 aromatic carbocycles. The van der Waals surface area contributed by atoms with E-state index in [0.29, 0.717) is 15.6 Å². The zero-order valence-corrected chi connectivity index (χ0v) is 7.37. The van der Waals surface area contributed by atoms with Gasteiger partial charge in [0, 0.05) is 5.02 Å². The van der Waals surface area contributed by atoms with E-state index in [1.54, 1.807) is 12.1 Å². The molecule has 11 heavy (non-hydrogen) atoms. The Labute approximate surface area is 75.2 Å². The van der Waals surface area contributed by atoms with Crippen molar-refractivity contribution in [2.75, 3.05) is 0 Å². The van der Waals surface area contributed by atoms with Gasteiger partial charge in [-0.15, -0.1) is 0 Å². The van der Waals surface area contributed by atoms with Crippen LogP contribution >= 0.6 is 23.2 Å². The zero-order valence-electron chi connectivity index (χ0n) is 5.86. The fourth-order valence-corrected chi connectivity index (χ4v) is 1.16. The Morgan fingerprint density at radius 2 is 1.91 bits per heavy atom. The molecule has 0 atom stereocenters. The summed E-state index contributed by atoms with van der Waals surface area (Å²) in [4.78, 5) is 0. The first kappa shape index (κ1) is 8.39. The maximum Gasteiger partial charge on any atom is 0.101 e. The second kappa shape index (κ2) is 3.13. The summed E-state index contributed by atoms with van der Waals surface area (Å²) in [5, 5.41) is 9.57. The average molecular weight is 186 g/mol. The molecule has 0 saturated heterocycles. The van der Waals surface area contributed by atoms with Gasteiger partial charge in [-0.25, -0.2) is 0 Å². The number of hydrogen-bond donors (Lipinski definition) is 0. The summed E-state index contributed by atoms with van der Waals surface area (Å²) in [6.07, 6.45) is 0. The maximum absolute atomic E-state index is 8.54. The number of nitrogens with zero attached hydrogens (tertiary/aromatic N) is 1. The molecule has 0 aliphatic carbocycles. The predicted molar refractivity (Wildman–Crippen MR) is 45.9 cm³/mol. The van der Waals surface area contributed by atoms with Gasteiger partial charge in [0.1, 0.15) is 6.07 Å². The van der Waals surface area contributed by atoms with Crippen molar-refractivity contribution in [1.82, 2.24) is 0 Å². The fraction of sp³-hybridized carbons (Fsp3) is 0.125. The lowest BCUT2D eigenvalue weighted by Gasteiger charge is -1.98. The Morgan fingerprint density at radius 3 is 2.45 bits per heavy atom. The van der Waals surface area contributed by atoms with Crippen LogP contribution in [0.2, 0.25) is 10.0 Å². The number of hydrogen-bond acceptors (Lipinski definition) is 1. The minimum Gasteiger partial charge on any atom is -0.192 e. The van der Waals surface area contributed by atoms with Crippen LogP contribution in [-0.2, 0) is 0 Å². The number of aryl methyl sites for hydroxylation is 1. The summed E-state index contributed by atoms with van der Waals surface area (Å²) in [5.74, 6) is 0. The molecule has 1 aromatic rings. The van der Waals surface area contributed by atoms with Crippen LogP contribution in [0.25, 0.3) is 0 Å². The van der Waals surface area contributed by atoms with Gasteiger partial charge in [0.2, 0.25) is 0 Å². The van der Waals surface area contributed by atoms with E-state index < -0.39 is 0 Å². The van der Waals surface area contributed by atoms with Crippen molar-refractivity contribution in [3.05, 3.63) is 33.3 Å². The number of halogens is 2. The second-order valence-electron chi connectivity index (χ2n) is 2.19. The van der Waals surface area contributed by atoms with Crippen molar-refractivity contribution < 1.29 is 0 Å². The summed E-state index contributed by atoms with van der Waals surface area (Å²) in [7, 11) is 0. The first-order valence-electron chi connectivity index (χ1n) is 3.01. The van der Waals surface area contributed by atoms with Gasteiger partial charge >= 0.3 is 0 Å². The Bertz CT molecular complexity index is 326. The van der Waals surface area contributed by atoms with E-state index in [-0.39, 0.29) is 0 Å². The first-order chi connectivity index (χ1) is 5.15. The molecule has 56 valence electrons. The van der Waals surface area contributed by atoms with Crippen LogP contribution in [0.4, 0.5) is 0 Å². The molecule has 0 aliphatic rings. The summed E-state index contributed by atoms with van der Waals surface area (Å²) in [5.41, 5.74) is 1.30. The molecule has 0 aliphatic heterocycles. The van der Waals surface area contributed by atoms with Gasteiger partial charge in [-0.1, -0.05) is 23.2 Å². The number of benzene rings is 1. The SMILES string of the molecule is Cc1cc(Cl)c(C#N)cc1Cl. The van der Waals surface area contributed by atoms with Crippen LogP contribution in [0.3, 0.4) is 0 Å². The Kier molecular flexibility index (Phi) is 2.38. The summed E-state index contributed by atoms with van der Waals surface area (Å²) >= 11 is 11.5. The first-order valence-corrected chi connectivity index (χ1v) is 3.76. The van der Waals surface area contributed by atoms with Crippen molar-refractivity contribution in [2.45, 2.75) is 6.92 Å². The molecule has 0 N–H and O–H groups in total. The van der Waals surface area contributed by atoms with Gasteiger partial charge < -0.3 is 0 Å². The smallest absolute Gasteiger partial charge is 0.101 e. The molecule has 0 saturated carbocycles. The predicted octanol–water partition coefficient (Wildman–Crippen LogP) is 3.17. The Hall–Kier alpha value is -0.710. The molecule has 1 rings (SSSR count). The molecular weight excluding hydrogens is 181 g/mol. The van der Waals surface area contributed by atoms with Crippen LogP contribution in [0.15, 0.2) is 12.1 Å². The summed E-state index contributed by atoms with van der Waals surface area (Å²) in [6.45, 7) is 1.84. The Morgan fingerprint density at radius 1 is 1.27 bits per heavy atom. The lowest BCUT2D eigenvalue weighted by Crippen LogP contribution is -1.80. The van der Waals surface area contributed by atoms with Gasteiger partial charge in [-0.3, -0.25) is 0 Å². The van der Waals surface area contributed by atoms with E-state index in [1.165, 1.54) is 0 Å². The van der Waals surface area contributed by atoms with Crippen LogP contribution in [-0.4, -0.2) is 0 Å². The molecule has 0 spiro atoms. The molecule has 1 nitrogen and oxygen atoms in total. The van der Waals surface area contributed by atoms with Crippen molar-refractivity contribution >= 4 is 23.2 Å². The van der Waals surface area contributed by atoms with E-state index >= 15 is 0 Å². The van der Waals surface area contributed by atoms with E-state index in [1.807, 2.05) is 13.0 Å². The minimum atomic E-state index is 0.419. The molecule has 0 heterocycles. The maximum atomic E-state index is 8.54. The average Bonchev–Trinajstić information content (AvgIpc) is 1.97. The number of rotatable bonds is 0. The van der Waals surface area contributed by atoms with Crippen molar-refractivity contribution in [1.29, 1.82) is 5.26 Å². The normalized spacial score (nSPS) is 9.27. The van der Waals surface area contributed by atoms with E-state index in [9.17, 15) is 0 Å². The van der Waals surface area contributed by atoms with Crippen LogP contribution in [0, 0.1) is 18.3 Å². The van der Waals surface area contributed by atoms with Gasteiger partial charge in [-0.2, -0.15) is 5.26 Å². The monoisotopic (exact) mass is 185 g/mol. The van der Waals surface area contributed by atoms with Gasteiger partial charge in [0.05, 0.1) is 10.6 Å². The van der Waals surface area contributed by atoms with Crippen molar-refractivity contribution in [2.24, 2.45) is 0 Å². The summed E-state index contributed by atoms with van der Waals surface area (Å²) in [6, 6.07) is 5.20. The molecular formula is C8H5Cl2N. The lowest BCUT2D eigenvalue weighted by molar-refractivity contribution is 1.43. The molecule has 0 aromatic heterocycles. The van der Waals surface area contributed by atoms with Crippen molar-refractivity contribution in [3.8, 4) is 6.07 Å². The zero-order chi connectivity index (χ0) is 8.43. The highest BCUT2D eigenvalue weighted by Gasteiger charge is 2.02. The second-order valence-corrected chi connectivity index (χ2v) is 3.01. The highest BCUT2D eigenvalue weighted by molar-refractivity contribution is 6.34. The quantitative estimate of drug-likeness (QED) is 0.610. The summed E-state index contributed by atoms with van der Waals surface area (Å²) < 4.78 is 0. The largest absolute Gasteiger partial charge is 0.192 e. The molecule has 0 fully saturated rings. The topological polar surface area (TPSA) is 23.8 Å². The standard InChI is InChI=1S/C8H5Cl2N/c1-5-2-8(10)6(4-11)3-7(5)9/h2-3H,1H3. The molecule has 0 amide bonds. The fourth-order valence-electron chi connectivity index (χ4n) is 0.732. The van der Waals surface area contributed by atoms with Crippen LogP contribution in [0.1, 0.15) is 11.1 Å². The molecule has 0 bridgehead atoms. The van der Waals surface area contributed by atoms with E-state index in [4.69, 9.17) is 28.5 Å². The highest BCUT2D eigenvalue weighted by Crippen LogP contribution is 2.23. The van der Waals surface area contributed by atoms with Gasteiger partial charge in [0.25, 0.3) is 0 Å². The third-order valence-corrected chi connectivity index (χ3v) is 2.09. The third kappa shape index (κ3) is 1.65. The van der Waals surface area contributed by atoms with Crippen molar-refractivity contribution in [3.63, 3.8) is 0 Å². The van der Waals surface area contributed by atoms with Gasteiger partial charge in [0.15, 0.2) is 0 Å². The molecule has 0 radical (unpaired) electrons. The molecule has 0 unspecified atom stereocenters. The molecule has 3 heteroatoms. The lowest BCUT2D eigenvalue weighted by atomic mass is 10.2. The van der Waals surface area contributed by atoms with Crippen LogP contribution in [0.5, 0.6) is 0 Å². The third-order valence-electron chi connectivity index (χ3n) is 1.37. The number of nitriles is 1. The van der Waals surface area contributed by atoms with E-state index in [0.717, 1.165) is 5.56 Å². The van der Waals surface area contributed by atoms with E-state index in [2.05, 4.69) is 0 Å². The Balaban J connectivity index is 3.35. The highest BCUT2D eigenvalue weighted by atomic mass is 35.5. The minimum absolute atomic E-state index is 0.419.